The minimum Gasteiger partial charge on any atom is -0.490 e. The van der Waals surface area contributed by atoms with Gasteiger partial charge in [0, 0.05) is 44.7 Å². The number of nitrogens with zero attached hydrogens (tertiary/aromatic N) is 2. The highest BCUT2D eigenvalue weighted by Gasteiger charge is 2.26. The molecule has 0 spiro atoms. The molecule has 1 saturated heterocycles. The van der Waals surface area contributed by atoms with E-state index in [0.29, 0.717) is 24.9 Å². The molecule has 1 aliphatic rings. The Morgan fingerprint density at radius 3 is 2.63 bits per heavy atom. The summed E-state index contributed by atoms with van der Waals surface area (Å²) < 4.78 is 6.10. The van der Waals surface area contributed by atoms with Gasteiger partial charge in [-0.1, -0.05) is 26.0 Å². The van der Waals surface area contributed by atoms with Crippen molar-refractivity contribution in [2.75, 3.05) is 20.1 Å². The Morgan fingerprint density at radius 2 is 2.03 bits per heavy atom. The highest BCUT2D eigenvalue weighted by atomic mass is 127. The Kier molecular flexibility index (Phi) is 12.1. The third kappa shape index (κ3) is 7.96. The van der Waals surface area contributed by atoms with Crippen molar-refractivity contribution in [1.82, 2.24) is 15.5 Å². The average molecular weight is 530 g/mol. The van der Waals surface area contributed by atoms with E-state index in [0.717, 1.165) is 56.0 Å². The van der Waals surface area contributed by atoms with E-state index in [1.807, 2.05) is 4.90 Å². The van der Waals surface area contributed by atoms with E-state index >= 15 is 0 Å². The molecule has 1 aromatic carbocycles. The SMILES string of the molecule is CCC(C)Oc1cc(C)ccc1CNC(=NC)NCCC(CC)N1CCCC1=O.I. The monoisotopic (exact) mass is 530 g/mol. The van der Waals surface area contributed by atoms with E-state index in [1.54, 1.807) is 7.05 Å². The molecule has 0 saturated carbocycles. The van der Waals surface area contributed by atoms with Gasteiger partial charge in [-0.15, -0.1) is 24.0 Å². The predicted molar refractivity (Wildman–Crippen MR) is 135 cm³/mol. The van der Waals surface area contributed by atoms with Crippen molar-refractivity contribution in [3.63, 3.8) is 0 Å². The number of aliphatic imine (C=N–C) groups is 1. The van der Waals surface area contributed by atoms with Crippen molar-refractivity contribution < 1.29 is 9.53 Å². The molecule has 0 aliphatic carbocycles. The van der Waals surface area contributed by atoms with E-state index in [9.17, 15) is 4.79 Å². The molecular weight excluding hydrogens is 491 g/mol. The summed E-state index contributed by atoms with van der Waals surface area (Å²) >= 11 is 0. The quantitative estimate of drug-likeness (QED) is 0.270. The van der Waals surface area contributed by atoms with Gasteiger partial charge in [-0.25, -0.2) is 0 Å². The lowest BCUT2D eigenvalue weighted by Gasteiger charge is -2.27. The fourth-order valence-corrected chi connectivity index (χ4v) is 3.61. The van der Waals surface area contributed by atoms with Crippen molar-refractivity contribution in [2.45, 2.75) is 78.5 Å². The van der Waals surface area contributed by atoms with Gasteiger partial charge in [-0.05, 0) is 51.2 Å². The van der Waals surface area contributed by atoms with E-state index in [2.05, 4.69) is 61.5 Å². The van der Waals surface area contributed by atoms with Crippen LogP contribution in [-0.4, -0.2) is 49.0 Å². The Bertz CT molecular complexity index is 696. The maximum atomic E-state index is 12.0. The zero-order valence-corrected chi connectivity index (χ0v) is 21.5. The maximum Gasteiger partial charge on any atom is 0.222 e. The average Bonchev–Trinajstić information content (AvgIpc) is 3.14. The molecule has 2 N–H and O–H groups in total. The van der Waals surface area contributed by atoms with Crippen LogP contribution in [0.1, 0.15) is 64.0 Å². The van der Waals surface area contributed by atoms with Crippen LogP contribution in [0.2, 0.25) is 0 Å². The highest BCUT2D eigenvalue weighted by molar-refractivity contribution is 14.0. The van der Waals surface area contributed by atoms with Crippen LogP contribution in [0.4, 0.5) is 0 Å². The van der Waals surface area contributed by atoms with Gasteiger partial charge in [-0.2, -0.15) is 0 Å². The van der Waals surface area contributed by atoms with Gasteiger partial charge in [0.2, 0.25) is 5.91 Å². The molecular formula is C23H39IN4O2. The van der Waals surface area contributed by atoms with Gasteiger partial charge >= 0.3 is 0 Å². The second kappa shape index (κ2) is 13.7. The van der Waals surface area contributed by atoms with Gasteiger partial charge < -0.3 is 20.3 Å². The van der Waals surface area contributed by atoms with Gasteiger partial charge in [0.05, 0.1) is 6.10 Å². The Balaban J connectivity index is 0.00000450. The van der Waals surface area contributed by atoms with Crippen molar-refractivity contribution in [2.24, 2.45) is 4.99 Å². The molecule has 6 nitrogen and oxygen atoms in total. The largest absolute Gasteiger partial charge is 0.490 e. The number of carbonyl (C=O) groups is 1. The van der Waals surface area contributed by atoms with E-state index in [1.165, 1.54) is 5.56 Å². The number of hydrogen-bond acceptors (Lipinski definition) is 3. The normalized spacial score (nSPS) is 16.1. The summed E-state index contributed by atoms with van der Waals surface area (Å²) in [5.74, 6) is 2.00. The van der Waals surface area contributed by atoms with Crippen LogP contribution in [0.15, 0.2) is 23.2 Å². The molecule has 2 unspecified atom stereocenters. The minimum absolute atomic E-state index is 0. The summed E-state index contributed by atoms with van der Waals surface area (Å²) in [4.78, 5) is 18.4. The molecule has 7 heteroatoms. The zero-order valence-electron chi connectivity index (χ0n) is 19.2. The summed E-state index contributed by atoms with van der Waals surface area (Å²) in [6, 6.07) is 6.62. The summed E-state index contributed by atoms with van der Waals surface area (Å²) in [5, 5.41) is 6.77. The number of carbonyl (C=O) groups excluding carboxylic acids is 1. The van der Waals surface area contributed by atoms with Crippen molar-refractivity contribution in [1.29, 1.82) is 0 Å². The van der Waals surface area contributed by atoms with Crippen LogP contribution in [-0.2, 0) is 11.3 Å². The lowest BCUT2D eigenvalue weighted by atomic mass is 10.1. The molecule has 2 rings (SSSR count). The molecule has 0 aromatic heterocycles. The summed E-state index contributed by atoms with van der Waals surface area (Å²) in [5.41, 5.74) is 2.31. The van der Waals surface area contributed by atoms with Crippen LogP contribution in [0.3, 0.4) is 0 Å². The number of halogens is 1. The first kappa shape index (κ1) is 26.5. The molecule has 2 atom stereocenters. The third-order valence-electron chi connectivity index (χ3n) is 5.59. The molecule has 0 radical (unpaired) electrons. The van der Waals surface area contributed by atoms with Gasteiger partial charge in [0.25, 0.3) is 0 Å². The number of likely N-dealkylation sites (tertiary alicyclic amines) is 1. The molecule has 0 bridgehead atoms. The molecule has 1 aromatic rings. The van der Waals surface area contributed by atoms with E-state index < -0.39 is 0 Å². The molecule has 1 heterocycles. The minimum atomic E-state index is 0. The Hall–Kier alpha value is -1.51. The van der Waals surface area contributed by atoms with Crippen LogP contribution in [0.25, 0.3) is 0 Å². The third-order valence-corrected chi connectivity index (χ3v) is 5.59. The fourth-order valence-electron chi connectivity index (χ4n) is 3.61. The van der Waals surface area contributed by atoms with Crippen molar-refractivity contribution >= 4 is 35.8 Å². The molecule has 30 heavy (non-hydrogen) atoms. The number of hydrogen-bond donors (Lipinski definition) is 2. The van der Waals surface area contributed by atoms with Crippen molar-refractivity contribution in [3.8, 4) is 5.75 Å². The molecule has 1 aliphatic heterocycles. The van der Waals surface area contributed by atoms with E-state index in [4.69, 9.17) is 4.74 Å². The second-order valence-electron chi connectivity index (χ2n) is 7.84. The topological polar surface area (TPSA) is 66.0 Å². The highest BCUT2D eigenvalue weighted by Crippen LogP contribution is 2.22. The smallest absolute Gasteiger partial charge is 0.222 e. The zero-order chi connectivity index (χ0) is 21.2. The van der Waals surface area contributed by atoms with Gasteiger partial charge in [0.15, 0.2) is 5.96 Å². The van der Waals surface area contributed by atoms with Crippen LogP contribution in [0, 0.1) is 6.92 Å². The number of aryl methyl sites for hydroxylation is 1. The first-order chi connectivity index (χ1) is 14.0. The van der Waals surface area contributed by atoms with Crippen LogP contribution < -0.4 is 15.4 Å². The molecule has 1 amide bonds. The lowest BCUT2D eigenvalue weighted by Crippen LogP contribution is -2.41. The van der Waals surface area contributed by atoms with Crippen molar-refractivity contribution in [3.05, 3.63) is 29.3 Å². The molecule has 1 fully saturated rings. The van der Waals surface area contributed by atoms with E-state index in [-0.39, 0.29) is 30.1 Å². The lowest BCUT2D eigenvalue weighted by molar-refractivity contribution is -0.129. The number of amides is 1. The maximum absolute atomic E-state index is 12.0. The van der Waals surface area contributed by atoms with Crippen LogP contribution in [0.5, 0.6) is 5.75 Å². The second-order valence-corrected chi connectivity index (χ2v) is 7.84. The number of nitrogens with one attached hydrogen (secondary N) is 2. The first-order valence-corrected chi connectivity index (χ1v) is 11.0. The first-order valence-electron chi connectivity index (χ1n) is 11.0. The number of ether oxygens (including phenoxy) is 1. The number of benzene rings is 1. The number of guanidine groups is 1. The Morgan fingerprint density at radius 1 is 1.27 bits per heavy atom. The number of rotatable bonds is 10. The van der Waals surface area contributed by atoms with Crippen LogP contribution >= 0.6 is 24.0 Å². The van der Waals surface area contributed by atoms with Gasteiger partial charge in [0.1, 0.15) is 5.75 Å². The summed E-state index contributed by atoms with van der Waals surface area (Å²) in [7, 11) is 1.78. The summed E-state index contributed by atoms with van der Waals surface area (Å²) in [6.45, 7) is 10.8. The molecule has 170 valence electrons. The fraction of sp³-hybridized carbons (Fsp3) is 0.652. The summed E-state index contributed by atoms with van der Waals surface area (Å²) in [6.07, 6.45) is 4.76. The Labute approximate surface area is 199 Å². The predicted octanol–water partition coefficient (Wildman–Crippen LogP) is 4.25. The van der Waals surface area contributed by atoms with Gasteiger partial charge in [-0.3, -0.25) is 9.79 Å². The standard InChI is InChI=1S/C23H38N4O2.HI/c1-6-18(4)29-21-15-17(3)10-11-19(21)16-26-23(24-5)25-13-12-20(7-2)27-14-8-9-22(27)28;/h10-11,15,18,20H,6-9,12-14,16H2,1-5H3,(H2,24,25,26);1H.